The summed E-state index contributed by atoms with van der Waals surface area (Å²) in [6.45, 7) is 3.19. The standard InChI is InChI=1S/C17H24ClN3O/c1-17(20-16(22)10-19)8-14-6-7-15(9-17)21(14)11-12-2-4-13(18)5-3-12/h2-5,14-15H,6-11,19H2,1H3,(H,20,22)/t14-,15+,17?. The number of hydrogen-bond acceptors (Lipinski definition) is 3. The fourth-order valence-corrected chi connectivity index (χ4v) is 4.25. The Kier molecular flexibility index (Phi) is 4.44. The number of amides is 1. The number of rotatable bonds is 4. The van der Waals surface area contributed by atoms with Gasteiger partial charge in [-0.25, -0.2) is 0 Å². The van der Waals surface area contributed by atoms with Gasteiger partial charge in [-0.2, -0.15) is 0 Å². The van der Waals surface area contributed by atoms with Gasteiger partial charge in [-0.05, 0) is 50.3 Å². The third-order valence-corrected chi connectivity index (χ3v) is 5.30. The van der Waals surface area contributed by atoms with E-state index in [0.29, 0.717) is 12.1 Å². The minimum Gasteiger partial charge on any atom is -0.350 e. The highest BCUT2D eigenvalue weighted by molar-refractivity contribution is 6.30. The van der Waals surface area contributed by atoms with Gasteiger partial charge < -0.3 is 11.1 Å². The summed E-state index contributed by atoms with van der Waals surface area (Å²) < 4.78 is 0. The van der Waals surface area contributed by atoms with Crippen molar-refractivity contribution in [1.29, 1.82) is 0 Å². The minimum absolute atomic E-state index is 0.0481. The molecule has 1 aromatic rings. The van der Waals surface area contributed by atoms with Crippen molar-refractivity contribution in [2.75, 3.05) is 6.54 Å². The van der Waals surface area contributed by atoms with Crippen LogP contribution in [-0.2, 0) is 11.3 Å². The first-order valence-electron chi connectivity index (χ1n) is 8.00. The normalized spacial score (nSPS) is 31.2. The number of hydrogen-bond donors (Lipinski definition) is 2. The first-order valence-corrected chi connectivity index (χ1v) is 8.38. The van der Waals surface area contributed by atoms with Gasteiger partial charge in [0.2, 0.25) is 5.91 Å². The second-order valence-corrected chi connectivity index (χ2v) is 7.34. The third kappa shape index (κ3) is 3.29. The molecular weight excluding hydrogens is 298 g/mol. The Morgan fingerprint density at radius 1 is 1.32 bits per heavy atom. The van der Waals surface area contributed by atoms with Crippen LogP contribution in [0, 0.1) is 0 Å². The van der Waals surface area contributed by atoms with E-state index in [1.54, 1.807) is 0 Å². The van der Waals surface area contributed by atoms with Crippen LogP contribution in [0.4, 0.5) is 0 Å². The maximum Gasteiger partial charge on any atom is 0.234 e. The molecule has 1 aromatic carbocycles. The van der Waals surface area contributed by atoms with Crippen LogP contribution in [0.2, 0.25) is 5.02 Å². The SMILES string of the molecule is CC1(NC(=O)CN)C[C@H]2CC[C@@H](C1)N2Cc1ccc(Cl)cc1. The van der Waals surface area contributed by atoms with Gasteiger partial charge >= 0.3 is 0 Å². The van der Waals surface area contributed by atoms with E-state index < -0.39 is 0 Å². The van der Waals surface area contributed by atoms with Crippen LogP contribution in [0.15, 0.2) is 24.3 Å². The van der Waals surface area contributed by atoms with Crippen LogP contribution >= 0.6 is 11.6 Å². The number of carbonyl (C=O) groups is 1. The van der Waals surface area contributed by atoms with Crippen LogP contribution in [0.25, 0.3) is 0 Å². The molecule has 2 heterocycles. The molecule has 3 rings (SSSR count). The molecule has 3 N–H and O–H groups in total. The van der Waals surface area contributed by atoms with Gasteiger partial charge in [-0.3, -0.25) is 9.69 Å². The number of nitrogens with one attached hydrogen (secondary N) is 1. The zero-order valence-corrected chi connectivity index (χ0v) is 13.8. The average Bonchev–Trinajstić information content (AvgIpc) is 2.73. The van der Waals surface area contributed by atoms with Crippen LogP contribution < -0.4 is 11.1 Å². The number of piperidine rings is 1. The second-order valence-electron chi connectivity index (χ2n) is 6.91. The number of carbonyl (C=O) groups excluding carboxylic acids is 1. The molecule has 2 fully saturated rings. The van der Waals surface area contributed by atoms with Crippen molar-refractivity contribution in [1.82, 2.24) is 10.2 Å². The molecule has 120 valence electrons. The Balaban J connectivity index is 1.68. The molecule has 2 aliphatic heterocycles. The number of halogens is 1. The molecule has 0 aliphatic carbocycles. The first kappa shape index (κ1) is 15.8. The van der Waals surface area contributed by atoms with E-state index in [1.165, 1.54) is 18.4 Å². The van der Waals surface area contributed by atoms with Gasteiger partial charge in [-0.15, -0.1) is 0 Å². The number of nitrogens with two attached hydrogens (primary N) is 1. The Morgan fingerprint density at radius 2 is 1.91 bits per heavy atom. The van der Waals surface area contributed by atoms with Crippen molar-refractivity contribution >= 4 is 17.5 Å². The van der Waals surface area contributed by atoms with Gasteiger partial charge in [0.1, 0.15) is 0 Å². The fourth-order valence-electron chi connectivity index (χ4n) is 4.13. The molecule has 0 spiro atoms. The highest BCUT2D eigenvalue weighted by atomic mass is 35.5. The van der Waals surface area contributed by atoms with Crippen molar-refractivity contribution in [3.63, 3.8) is 0 Å². The molecule has 1 unspecified atom stereocenters. The summed E-state index contributed by atoms with van der Waals surface area (Å²) in [6, 6.07) is 9.19. The molecular formula is C17H24ClN3O. The Hall–Kier alpha value is -1.10. The number of nitrogens with zero attached hydrogens (tertiary/aromatic N) is 1. The van der Waals surface area contributed by atoms with Gasteiger partial charge in [0, 0.05) is 29.2 Å². The van der Waals surface area contributed by atoms with Crippen LogP contribution in [0.5, 0.6) is 0 Å². The summed E-state index contributed by atoms with van der Waals surface area (Å²) in [5, 5.41) is 3.91. The highest BCUT2D eigenvalue weighted by Gasteiger charge is 2.46. The molecule has 0 aromatic heterocycles. The van der Waals surface area contributed by atoms with E-state index in [4.69, 9.17) is 17.3 Å². The van der Waals surface area contributed by atoms with E-state index in [9.17, 15) is 4.79 Å². The molecule has 5 heteroatoms. The van der Waals surface area contributed by atoms with E-state index in [-0.39, 0.29) is 18.0 Å². The molecule has 4 nitrogen and oxygen atoms in total. The predicted molar refractivity (Wildman–Crippen MR) is 88.6 cm³/mol. The van der Waals surface area contributed by atoms with Crippen molar-refractivity contribution in [3.05, 3.63) is 34.9 Å². The Bertz CT molecular complexity index is 531. The van der Waals surface area contributed by atoms with Crippen molar-refractivity contribution in [2.24, 2.45) is 5.73 Å². The van der Waals surface area contributed by atoms with E-state index in [0.717, 1.165) is 24.4 Å². The lowest BCUT2D eigenvalue weighted by Gasteiger charge is -2.45. The molecule has 0 saturated carbocycles. The summed E-state index contributed by atoms with van der Waals surface area (Å²) in [5.41, 5.74) is 6.63. The zero-order chi connectivity index (χ0) is 15.7. The second kappa shape index (κ2) is 6.19. The van der Waals surface area contributed by atoms with Crippen molar-refractivity contribution in [2.45, 2.75) is 56.8 Å². The number of fused-ring (bicyclic) bond motifs is 2. The van der Waals surface area contributed by atoms with Gasteiger partial charge in [0.25, 0.3) is 0 Å². The largest absolute Gasteiger partial charge is 0.350 e. The summed E-state index contributed by atoms with van der Waals surface area (Å²) in [7, 11) is 0. The third-order valence-electron chi connectivity index (χ3n) is 5.05. The molecule has 0 radical (unpaired) electrons. The first-order chi connectivity index (χ1) is 10.5. The summed E-state index contributed by atoms with van der Waals surface area (Å²) >= 11 is 5.96. The fraction of sp³-hybridized carbons (Fsp3) is 0.588. The highest BCUT2D eigenvalue weighted by Crippen LogP contribution is 2.41. The van der Waals surface area contributed by atoms with E-state index in [1.807, 2.05) is 12.1 Å². The van der Waals surface area contributed by atoms with Gasteiger partial charge in [-0.1, -0.05) is 23.7 Å². The summed E-state index contributed by atoms with van der Waals surface area (Å²) in [5.74, 6) is -0.0481. The van der Waals surface area contributed by atoms with Crippen molar-refractivity contribution < 1.29 is 4.79 Å². The Morgan fingerprint density at radius 3 is 2.45 bits per heavy atom. The average molecular weight is 322 g/mol. The quantitative estimate of drug-likeness (QED) is 0.894. The predicted octanol–water partition coefficient (Wildman–Crippen LogP) is 2.30. The van der Waals surface area contributed by atoms with Crippen LogP contribution in [0.1, 0.15) is 38.2 Å². The lowest BCUT2D eigenvalue weighted by molar-refractivity contribution is -0.122. The van der Waals surface area contributed by atoms with E-state index in [2.05, 4.69) is 29.3 Å². The molecule has 2 saturated heterocycles. The van der Waals surface area contributed by atoms with Crippen molar-refractivity contribution in [3.8, 4) is 0 Å². The van der Waals surface area contributed by atoms with Gasteiger partial charge in [0.05, 0.1) is 6.54 Å². The maximum absolute atomic E-state index is 11.7. The number of benzene rings is 1. The molecule has 22 heavy (non-hydrogen) atoms. The minimum atomic E-state index is -0.112. The van der Waals surface area contributed by atoms with Crippen LogP contribution in [0.3, 0.4) is 0 Å². The lowest BCUT2D eigenvalue weighted by Crippen LogP contribution is -2.58. The molecule has 2 aliphatic rings. The van der Waals surface area contributed by atoms with E-state index >= 15 is 0 Å². The maximum atomic E-state index is 11.7. The van der Waals surface area contributed by atoms with Gasteiger partial charge in [0.15, 0.2) is 0 Å². The topological polar surface area (TPSA) is 58.4 Å². The summed E-state index contributed by atoms with van der Waals surface area (Å²) in [6.07, 6.45) is 4.43. The Labute approximate surface area is 137 Å². The summed E-state index contributed by atoms with van der Waals surface area (Å²) in [4.78, 5) is 14.3. The molecule has 2 bridgehead atoms. The molecule has 1 amide bonds. The zero-order valence-electron chi connectivity index (χ0n) is 13.0. The van der Waals surface area contributed by atoms with Crippen LogP contribution in [-0.4, -0.2) is 35.0 Å². The monoisotopic (exact) mass is 321 g/mol. The molecule has 3 atom stereocenters. The lowest BCUT2D eigenvalue weighted by atomic mass is 9.84. The smallest absolute Gasteiger partial charge is 0.234 e.